The van der Waals surface area contributed by atoms with Crippen LogP contribution >= 0.6 is 0 Å². The van der Waals surface area contributed by atoms with Crippen LogP contribution in [0.2, 0.25) is 0 Å². The highest BCUT2D eigenvalue weighted by molar-refractivity contribution is 5.27. The van der Waals surface area contributed by atoms with Crippen molar-refractivity contribution in [3.8, 4) is 0 Å². The summed E-state index contributed by atoms with van der Waals surface area (Å²) in [6, 6.07) is 5.37. The monoisotopic (exact) mass is 210 g/mol. The standard InChI is InChI=1S/C11H15F.C3H8/c1-4-9-5-6-11(12)10(7-9)8(2)3;1-3-2/h5-8H,4H2,1-3H3;3H2,1-2H3. The van der Waals surface area contributed by atoms with E-state index in [9.17, 15) is 4.39 Å². The van der Waals surface area contributed by atoms with E-state index in [1.807, 2.05) is 26.0 Å². The van der Waals surface area contributed by atoms with Crippen molar-refractivity contribution in [1.29, 1.82) is 0 Å². The van der Waals surface area contributed by atoms with Crippen molar-refractivity contribution in [1.82, 2.24) is 0 Å². The lowest BCUT2D eigenvalue weighted by atomic mass is 9.99. The first-order valence-corrected chi connectivity index (χ1v) is 5.85. The van der Waals surface area contributed by atoms with E-state index in [0.29, 0.717) is 0 Å². The van der Waals surface area contributed by atoms with Crippen molar-refractivity contribution >= 4 is 0 Å². The smallest absolute Gasteiger partial charge is 0.126 e. The van der Waals surface area contributed by atoms with Crippen LogP contribution < -0.4 is 0 Å². The molecule has 1 rings (SSSR count). The molecule has 1 heteroatoms. The van der Waals surface area contributed by atoms with Gasteiger partial charge >= 0.3 is 0 Å². The van der Waals surface area contributed by atoms with Crippen LogP contribution in [0.1, 0.15) is 58.1 Å². The zero-order valence-corrected chi connectivity index (χ0v) is 10.6. The average Bonchev–Trinajstić information content (AvgIpc) is 2.19. The third-order valence-electron chi connectivity index (χ3n) is 2.09. The van der Waals surface area contributed by atoms with Crippen LogP contribution in [-0.4, -0.2) is 0 Å². The van der Waals surface area contributed by atoms with Gasteiger partial charge in [0.1, 0.15) is 5.82 Å². The van der Waals surface area contributed by atoms with Crippen LogP contribution in [0.4, 0.5) is 4.39 Å². The van der Waals surface area contributed by atoms with Gasteiger partial charge in [-0.25, -0.2) is 4.39 Å². The maximum Gasteiger partial charge on any atom is 0.126 e. The highest BCUT2D eigenvalue weighted by Gasteiger charge is 2.05. The number of halogens is 1. The molecule has 1 aromatic rings. The van der Waals surface area contributed by atoms with Crippen molar-refractivity contribution in [2.75, 3.05) is 0 Å². The number of hydrogen-bond donors (Lipinski definition) is 0. The Bertz CT molecular complexity index is 277. The summed E-state index contributed by atoms with van der Waals surface area (Å²) < 4.78 is 13.2. The Labute approximate surface area is 93.5 Å². The minimum Gasteiger partial charge on any atom is -0.207 e. The molecule has 0 amide bonds. The summed E-state index contributed by atoms with van der Waals surface area (Å²) in [4.78, 5) is 0. The van der Waals surface area contributed by atoms with Gasteiger partial charge in [0.05, 0.1) is 0 Å². The summed E-state index contributed by atoms with van der Waals surface area (Å²) in [5.74, 6) is 0.193. The Morgan fingerprint density at radius 2 is 1.67 bits per heavy atom. The normalized spacial score (nSPS) is 9.80. The van der Waals surface area contributed by atoms with Gasteiger partial charge in [0.25, 0.3) is 0 Å². The molecule has 0 N–H and O–H groups in total. The van der Waals surface area contributed by atoms with Gasteiger partial charge in [-0.2, -0.15) is 0 Å². The lowest BCUT2D eigenvalue weighted by Gasteiger charge is -2.08. The molecule has 0 spiro atoms. The van der Waals surface area contributed by atoms with E-state index in [4.69, 9.17) is 0 Å². The average molecular weight is 210 g/mol. The summed E-state index contributed by atoms with van der Waals surface area (Å²) in [5.41, 5.74) is 2.04. The van der Waals surface area contributed by atoms with Crippen LogP contribution in [0.15, 0.2) is 18.2 Å². The summed E-state index contributed by atoms with van der Waals surface area (Å²) in [6.45, 7) is 10.4. The van der Waals surface area contributed by atoms with Gasteiger partial charge < -0.3 is 0 Å². The van der Waals surface area contributed by atoms with Gasteiger partial charge in [-0.05, 0) is 29.5 Å². The topological polar surface area (TPSA) is 0 Å². The fourth-order valence-electron chi connectivity index (χ4n) is 1.26. The maximum absolute atomic E-state index is 13.2. The van der Waals surface area contributed by atoms with Gasteiger partial charge in [0.15, 0.2) is 0 Å². The van der Waals surface area contributed by atoms with Crippen LogP contribution in [0.5, 0.6) is 0 Å². The van der Waals surface area contributed by atoms with Crippen LogP contribution in [-0.2, 0) is 6.42 Å². The van der Waals surface area contributed by atoms with Crippen LogP contribution in [0.3, 0.4) is 0 Å². The quantitative estimate of drug-likeness (QED) is 0.649. The SMILES string of the molecule is CCC.CCc1ccc(F)c(C(C)C)c1. The predicted molar refractivity (Wildman–Crippen MR) is 65.8 cm³/mol. The number of hydrogen-bond acceptors (Lipinski definition) is 0. The highest BCUT2D eigenvalue weighted by atomic mass is 19.1. The first-order valence-electron chi connectivity index (χ1n) is 5.85. The highest BCUT2D eigenvalue weighted by Crippen LogP contribution is 2.19. The molecule has 0 nitrogen and oxygen atoms in total. The van der Waals surface area contributed by atoms with E-state index in [0.717, 1.165) is 12.0 Å². The maximum atomic E-state index is 13.2. The molecule has 0 fully saturated rings. The Morgan fingerprint density at radius 1 is 1.13 bits per heavy atom. The second-order valence-corrected chi connectivity index (χ2v) is 4.07. The Hall–Kier alpha value is -0.850. The number of aryl methyl sites for hydroxylation is 1. The van der Waals surface area contributed by atoms with Gasteiger partial charge in [-0.15, -0.1) is 0 Å². The lowest BCUT2D eigenvalue weighted by molar-refractivity contribution is 0.597. The zero-order chi connectivity index (χ0) is 11.8. The molecule has 0 aliphatic rings. The summed E-state index contributed by atoms with van der Waals surface area (Å²) >= 11 is 0. The van der Waals surface area contributed by atoms with E-state index in [1.54, 1.807) is 6.07 Å². The molecule has 0 aliphatic carbocycles. The molecular weight excluding hydrogens is 187 g/mol. The molecule has 0 saturated heterocycles. The Balaban J connectivity index is 0.000000583. The van der Waals surface area contributed by atoms with E-state index in [1.165, 1.54) is 12.0 Å². The molecule has 0 atom stereocenters. The molecule has 0 bridgehead atoms. The van der Waals surface area contributed by atoms with Crippen LogP contribution in [0.25, 0.3) is 0 Å². The van der Waals surface area contributed by atoms with Crippen molar-refractivity contribution < 1.29 is 4.39 Å². The van der Waals surface area contributed by atoms with Gasteiger partial charge in [0.2, 0.25) is 0 Å². The van der Waals surface area contributed by atoms with Crippen molar-refractivity contribution in [2.24, 2.45) is 0 Å². The van der Waals surface area contributed by atoms with E-state index in [-0.39, 0.29) is 11.7 Å². The molecule has 1 aromatic carbocycles. The fraction of sp³-hybridized carbons (Fsp3) is 0.571. The second-order valence-electron chi connectivity index (χ2n) is 4.07. The second kappa shape index (κ2) is 7.44. The summed E-state index contributed by atoms with van der Waals surface area (Å²) in [6.07, 6.45) is 2.22. The van der Waals surface area contributed by atoms with E-state index >= 15 is 0 Å². The van der Waals surface area contributed by atoms with E-state index < -0.39 is 0 Å². The van der Waals surface area contributed by atoms with E-state index in [2.05, 4.69) is 20.8 Å². The number of rotatable bonds is 2. The molecular formula is C14H23F. The third kappa shape index (κ3) is 4.96. The molecule has 0 saturated carbocycles. The van der Waals surface area contributed by atoms with Gasteiger partial charge in [-0.1, -0.05) is 53.2 Å². The zero-order valence-electron chi connectivity index (χ0n) is 10.6. The molecule has 86 valence electrons. The van der Waals surface area contributed by atoms with Gasteiger partial charge in [0, 0.05) is 0 Å². The lowest BCUT2D eigenvalue weighted by Crippen LogP contribution is -1.94. The summed E-state index contributed by atoms with van der Waals surface area (Å²) in [5, 5.41) is 0. The largest absolute Gasteiger partial charge is 0.207 e. The summed E-state index contributed by atoms with van der Waals surface area (Å²) in [7, 11) is 0. The van der Waals surface area contributed by atoms with Crippen molar-refractivity contribution in [3.05, 3.63) is 35.1 Å². The van der Waals surface area contributed by atoms with Crippen molar-refractivity contribution in [2.45, 2.75) is 53.4 Å². The Morgan fingerprint density at radius 3 is 2.07 bits per heavy atom. The molecule has 0 radical (unpaired) electrons. The first kappa shape index (κ1) is 14.2. The molecule has 0 aromatic heterocycles. The Kier molecular flexibility index (Phi) is 7.02. The molecule has 0 unspecified atom stereocenters. The van der Waals surface area contributed by atoms with Crippen LogP contribution in [0, 0.1) is 5.82 Å². The molecule has 0 heterocycles. The minimum absolute atomic E-state index is 0.0813. The predicted octanol–water partition coefficient (Wildman–Crippen LogP) is 4.93. The number of benzene rings is 1. The minimum atomic E-state index is -0.0813. The van der Waals surface area contributed by atoms with Gasteiger partial charge in [-0.3, -0.25) is 0 Å². The fourth-order valence-corrected chi connectivity index (χ4v) is 1.26. The third-order valence-corrected chi connectivity index (χ3v) is 2.09. The van der Waals surface area contributed by atoms with Crippen molar-refractivity contribution in [3.63, 3.8) is 0 Å². The molecule has 0 aliphatic heterocycles. The first-order chi connectivity index (χ1) is 7.06. The molecule has 15 heavy (non-hydrogen) atoms.